The van der Waals surface area contributed by atoms with Crippen molar-refractivity contribution >= 4 is 11.8 Å². The smallest absolute Gasteiger partial charge is 0.550 e. The summed E-state index contributed by atoms with van der Waals surface area (Å²) in [5, 5.41) is 44.4. The van der Waals surface area contributed by atoms with Gasteiger partial charge in [-0.15, -0.1) is 0 Å². The Morgan fingerprint density at radius 1 is 0.919 bits per heavy atom. The van der Waals surface area contributed by atoms with Crippen molar-refractivity contribution in [1.82, 2.24) is 0 Å². The van der Waals surface area contributed by atoms with Crippen LogP contribution in [0.3, 0.4) is 0 Å². The van der Waals surface area contributed by atoms with Crippen molar-refractivity contribution in [3.05, 3.63) is 11.6 Å². The first-order chi connectivity index (χ1) is 28.5. The van der Waals surface area contributed by atoms with E-state index in [0.717, 1.165) is 6.42 Å². The monoisotopic (exact) mass is 889 g/mol. The molecule has 6 aliphatic rings. The normalized spacial score (nSPS) is 47.8. The fourth-order valence-electron chi connectivity index (χ4n) is 11.8. The summed E-state index contributed by atoms with van der Waals surface area (Å²) in [5.74, 6) is -7.48. The van der Waals surface area contributed by atoms with Crippen LogP contribution in [0.15, 0.2) is 11.6 Å². The number of carboxylic acids is 1. The van der Waals surface area contributed by atoms with Crippen LogP contribution in [0.4, 0.5) is 0 Å². The molecular weight excluding hydrogens is 811 g/mol. The van der Waals surface area contributed by atoms with Gasteiger partial charge in [0.25, 0.3) is 0 Å². The molecule has 14 nitrogen and oxygen atoms in total. The second-order valence-electron chi connectivity index (χ2n) is 20.6. The molecule has 6 rings (SSSR count). The van der Waals surface area contributed by atoms with E-state index in [1.165, 1.54) is 0 Å². The molecular formula is C47H77NaO14. The summed E-state index contributed by atoms with van der Waals surface area (Å²) in [6.07, 6.45) is 3.10. The molecule has 15 heteroatoms. The summed E-state index contributed by atoms with van der Waals surface area (Å²) in [4.78, 5) is 24.7. The topological polar surface area (TPSA) is 192 Å². The summed E-state index contributed by atoms with van der Waals surface area (Å²) >= 11 is 0. The van der Waals surface area contributed by atoms with Crippen molar-refractivity contribution in [3.8, 4) is 0 Å². The van der Waals surface area contributed by atoms with E-state index < -0.39 is 84.2 Å². The molecule has 3 N–H and O–H groups in total. The van der Waals surface area contributed by atoms with Gasteiger partial charge < -0.3 is 63.1 Å². The van der Waals surface area contributed by atoms with Crippen LogP contribution in [0.5, 0.6) is 0 Å². The average molecular weight is 889 g/mol. The maximum atomic E-state index is 13.3. The summed E-state index contributed by atoms with van der Waals surface area (Å²) in [6.45, 7) is 20.7. The van der Waals surface area contributed by atoms with Crippen LogP contribution in [-0.4, -0.2) is 119 Å². The molecule has 2 spiro atoms. The Bertz CT molecular complexity index is 1580. The first kappa shape index (κ1) is 52.4. The third kappa shape index (κ3) is 10.4. The molecule has 21 atom stereocenters. The molecule has 6 heterocycles. The largest absolute Gasteiger partial charge is 1.00 e. The zero-order chi connectivity index (χ0) is 45.0. The minimum Gasteiger partial charge on any atom is -0.550 e. The summed E-state index contributed by atoms with van der Waals surface area (Å²) in [6, 6.07) is 0. The summed E-state index contributed by atoms with van der Waals surface area (Å²) in [7, 11) is 1.70. The molecule has 0 aromatic rings. The molecule has 6 aliphatic heterocycles. The van der Waals surface area contributed by atoms with Gasteiger partial charge in [-0.1, -0.05) is 61.5 Å². The summed E-state index contributed by atoms with van der Waals surface area (Å²) < 4.78 is 53.9. The Morgan fingerprint density at radius 2 is 1.61 bits per heavy atom. The average Bonchev–Trinajstić information content (AvgIpc) is 3.71. The van der Waals surface area contributed by atoms with Gasteiger partial charge in [0.15, 0.2) is 29.4 Å². The second kappa shape index (κ2) is 20.3. The Morgan fingerprint density at radius 3 is 2.24 bits per heavy atom. The van der Waals surface area contributed by atoms with Crippen molar-refractivity contribution < 1.29 is 97.5 Å². The molecule has 0 bridgehead atoms. The van der Waals surface area contributed by atoms with Crippen LogP contribution in [-0.2, 0) is 47.5 Å². The Hall–Kier alpha value is -0.560. The number of ether oxygens (including phenoxy) is 8. The SMILES string of the molecule is COC1CCC(OC2CC([C@]3(C)CC[C@]4(CC(O)C(C)C(C(C)C=C(C)C(=O)C(C)CC(C)C(=O)[O-])O4)O3)O[C@]3(OC(C4O[C@@](O)(CO)C(C)CC4C)CC3C)C2C)OC1C.[Na+]. The van der Waals surface area contributed by atoms with Crippen molar-refractivity contribution in [2.45, 2.75) is 212 Å². The number of hydrogen-bond acceptors (Lipinski definition) is 14. The van der Waals surface area contributed by atoms with Crippen LogP contribution in [0.25, 0.3) is 0 Å². The first-order valence-electron chi connectivity index (χ1n) is 23.2. The molecule has 6 saturated heterocycles. The number of aliphatic hydroxyl groups is 3. The third-order valence-electron chi connectivity index (χ3n) is 15.8. The number of aliphatic carboxylic acids is 1. The van der Waals surface area contributed by atoms with E-state index in [9.17, 15) is 30.0 Å². The van der Waals surface area contributed by atoms with Crippen LogP contribution < -0.4 is 34.7 Å². The van der Waals surface area contributed by atoms with E-state index >= 15 is 0 Å². The number of methoxy groups -OCH3 is 1. The van der Waals surface area contributed by atoms with Crippen molar-refractivity contribution in [2.24, 2.45) is 47.3 Å². The van der Waals surface area contributed by atoms with E-state index in [4.69, 9.17) is 37.9 Å². The quantitative estimate of drug-likeness (QED) is 0.179. The van der Waals surface area contributed by atoms with Gasteiger partial charge in [-0.25, -0.2) is 0 Å². The predicted molar refractivity (Wildman–Crippen MR) is 221 cm³/mol. The number of carboxylic acid groups (broad SMARTS) is 1. The molecule has 0 aromatic heterocycles. The molecule has 0 radical (unpaired) electrons. The molecule has 0 saturated carbocycles. The van der Waals surface area contributed by atoms with E-state index in [-0.39, 0.29) is 102 Å². The van der Waals surface area contributed by atoms with Gasteiger partial charge >= 0.3 is 29.6 Å². The number of Topliss-reactive ketones (excluding diaryl/α,β-unsaturated/α-hetero) is 1. The second-order valence-corrected chi connectivity index (χ2v) is 20.6. The Labute approximate surface area is 392 Å². The first-order valence-corrected chi connectivity index (χ1v) is 23.2. The molecule has 17 unspecified atom stereocenters. The fraction of sp³-hybridized carbons (Fsp3) is 0.915. The van der Waals surface area contributed by atoms with Gasteiger partial charge in [0.05, 0.1) is 61.0 Å². The van der Waals surface area contributed by atoms with E-state index in [2.05, 4.69) is 20.8 Å². The number of hydrogen-bond donors (Lipinski definition) is 3. The number of aliphatic hydroxyl groups excluding tert-OH is 2. The molecule has 0 amide bonds. The minimum atomic E-state index is -1.67. The van der Waals surface area contributed by atoms with Crippen LogP contribution in [0, 0.1) is 47.3 Å². The number of carbonyl (C=O) groups excluding carboxylic acids is 2. The Kier molecular flexibility index (Phi) is 17.2. The van der Waals surface area contributed by atoms with Gasteiger partial charge in [-0.3, -0.25) is 4.79 Å². The van der Waals surface area contributed by atoms with Gasteiger partial charge in [-0.05, 0) is 70.3 Å². The predicted octanol–water partition coefficient (Wildman–Crippen LogP) is 1.82. The van der Waals surface area contributed by atoms with Crippen molar-refractivity contribution in [1.29, 1.82) is 0 Å². The summed E-state index contributed by atoms with van der Waals surface area (Å²) in [5.41, 5.74) is -0.352. The van der Waals surface area contributed by atoms with Crippen LogP contribution >= 0.6 is 0 Å². The van der Waals surface area contributed by atoms with Gasteiger partial charge in [0.1, 0.15) is 0 Å². The molecule has 6 fully saturated rings. The molecule has 0 aliphatic carbocycles. The van der Waals surface area contributed by atoms with E-state index in [1.54, 1.807) is 27.9 Å². The van der Waals surface area contributed by atoms with Crippen molar-refractivity contribution in [3.63, 3.8) is 0 Å². The number of carbonyl (C=O) groups is 2. The maximum absolute atomic E-state index is 13.3. The Balaban J connectivity index is 0.00000726. The van der Waals surface area contributed by atoms with Gasteiger partial charge in [0.2, 0.25) is 0 Å². The number of allylic oxidation sites excluding steroid dienone is 1. The number of ketones is 1. The molecule has 62 heavy (non-hydrogen) atoms. The minimum absolute atomic E-state index is 0. The number of rotatable bonds is 13. The van der Waals surface area contributed by atoms with Crippen molar-refractivity contribution in [2.75, 3.05) is 13.7 Å². The van der Waals surface area contributed by atoms with E-state index in [1.807, 2.05) is 40.7 Å². The zero-order valence-corrected chi connectivity index (χ0v) is 41.8. The third-order valence-corrected chi connectivity index (χ3v) is 15.8. The van der Waals surface area contributed by atoms with Gasteiger partial charge in [0, 0.05) is 74.3 Å². The standard InChI is InChI=1S/C47H78O14.Na/c1-24(40(50)25(2)18-28(5)43(51)52)17-26(3)41-31(8)34(49)22-45(59-41)16-15-44(11,61-45)38-21-36(56-39-14-13-35(54-12)33(10)55-39)32(9)47(58-38)30(7)20-37(57-47)42-27(4)19-29(6)46(53,23-48)60-42;/h17,25-39,41-42,48-49,53H,13-16,18-23H2,1-12H3,(H,51,52);/q;+1/p-1/t25?,26?,27?,28?,29?,30?,31?,32?,33?,34?,35?,36?,37?,38?,39?,41?,42?,44-,45+,46-,47-;/m0./s1. The van der Waals surface area contributed by atoms with Gasteiger partial charge in [-0.2, -0.15) is 0 Å². The zero-order valence-electron chi connectivity index (χ0n) is 39.8. The van der Waals surface area contributed by atoms with Crippen LogP contribution in [0.1, 0.15) is 134 Å². The molecule has 0 aromatic carbocycles. The maximum Gasteiger partial charge on any atom is 1.00 e. The van der Waals surface area contributed by atoms with Crippen LogP contribution in [0.2, 0.25) is 0 Å². The fourth-order valence-corrected chi connectivity index (χ4v) is 11.8. The van der Waals surface area contributed by atoms with E-state index in [0.29, 0.717) is 44.1 Å². The molecule has 350 valence electrons.